The van der Waals surface area contributed by atoms with Gasteiger partial charge in [0.1, 0.15) is 11.9 Å². The molecule has 0 heterocycles. The highest BCUT2D eigenvalue weighted by Gasteiger charge is 2.17. The first-order valence-corrected chi connectivity index (χ1v) is 6.28. The minimum Gasteiger partial charge on any atom is -0.497 e. The van der Waals surface area contributed by atoms with E-state index >= 15 is 0 Å². The van der Waals surface area contributed by atoms with Gasteiger partial charge in [0, 0.05) is 11.8 Å². The summed E-state index contributed by atoms with van der Waals surface area (Å²) in [5.74, 6) is 1.13. The lowest BCUT2D eigenvalue weighted by Gasteiger charge is -2.19. The smallest absolute Gasteiger partial charge is 0.411 e. The van der Waals surface area contributed by atoms with Crippen LogP contribution in [-0.2, 0) is 4.74 Å². The van der Waals surface area contributed by atoms with E-state index in [0.29, 0.717) is 11.4 Å². The number of amides is 1. The van der Waals surface area contributed by atoms with E-state index in [1.54, 1.807) is 31.4 Å². The number of hydrogen-bond acceptors (Lipinski definition) is 3. The van der Waals surface area contributed by atoms with Crippen LogP contribution in [0.15, 0.2) is 24.3 Å². The van der Waals surface area contributed by atoms with E-state index in [1.165, 1.54) is 0 Å². The van der Waals surface area contributed by atoms with Crippen LogP contribution >= 0.6 is 11.6 Å². The van der Waals surface area contributed by atoms with Crippen molar-refractivity contribution >= 4 is 23.4 Å². The number of halogens is 1. The van der Waals surface area contributed by atoms with E-state index in [1.807, 2.05) is 13.8 Å². The van der Waals surface area contributed by atoms with Crippen molar-refractivity contribution in [1.29, 1.82) is 0 Å². The maximum absolute atomic E-state index is 11.7. The van der Waals surface area contributed by atoms with Crippen molar-refractivity contribution in [3.8, 4) is 5.75 Å². The second kappa shape index (κ2) is 7.11. The second-order valence-corrected chi connectivity index (χ2v) is 4.51. The van der Waals surface area contributed by atoms with Gasteiger partial charge in [0.2, 0.25) is 0 Å². The van der Waals surface area contributed by atoms with Crippen molar-refractivity contribution in [1.82, 2.24) is 0 Å². The minimum absolute atomic E-state index is 0.179. The van der Waals surface area contributed by atoms with Crippen LogP contribution in [0.25, 0.3) is 0 Å². The predicted molar refractivity (Wildman–Crippen MR) is 72.4 cm³/mol. The number of alkyl halides is 1. The zero-order valence-corrected chi connectivity index (χ0v) is 11.5. The number of benzene rings is 1. The van der Waals surface area contributed by atoms with Crippen molar-refractivity contribution in [2.45, 2.75) is 20.0 Å². The number of anilines is 1. The third-order valence-corrected chi connectivity index (χ3v) is 2.77. The lowest BCUT2D eigenvalue weighted by Crippen LogP contribution is -2.28. The number of carbonyl (C=O) groups excluding carboxylic acids is 1. The Morgan fingerprint density at radius 1 is 1.44 bits per heavy atom. The zero-order chi connectivity index (χ0) is 13.5. The predicted octanol–water partition coefficient (Wildman–Crippen LogP) is 3.51. The summed E-state index contributed by atoms with van der Waals surface area (Å²) in [5.41, 5.74) is 0.622. The molecule has 0 saturated heterocycles. The monoisotopic (exact) mass is 271 g/mol. The zero-order valence-electron chi connectivity index (χ0n) is 10.8. The van der Waals surface area contributed by atoms with Crippen LogP contribution in [0, 0.1) is 5.92 Å². The molecule has 1 aromatic rings. The average molecular weight is 272 g/mol. The Kier molecular flexibility index (Phi) is 5.78. The molecule has 0 saturated carbocycles. The van der Waals surface area contributed by atoms with E-state index < -0.39 is 6.09 Å². The molecule has 0 aliphatic rings. The molecular weight excluding hydrogens is 254 g/mol. The van der Waals surface area contributed by atoms with E-state index in [0.717, 1.165) is 0 Å². The molecule has 0 spiro atoms. The first kappa shape index (κ1) is 14.6. The van der Waals surface area contributed by atoms with Crippen molar-refractivity contribution < 1.29 is 14.3 Å². The van der Waals surface area contributed by atoms with Crippen LogP contribution in [-0.4, -0.2) is 25.2 Å². The molecule has 0 aliphatic carbocycles. The average Bonchev–Trinajstić information content (AvgIpc) is 2.35. The Morgan fingerprint density at radius 3 is 2.72 bits per heavy atom. The Hall–Kier alpha value is -1.42. The lowest BCUT2D eigenvalue weighted by atomic mass is 10.1. The highest BCUT2D eigenvalue weighted by Crippen LogP contribution is 2.17. The molecule has 4 nitrogen and oxygen atoms in total. The van der Waals surface area contributed by atoms with E-state index in [-0.39, 0.29) is 17.9 Å². The van der Waals surface area contributed by atoms with Gasteiger partial charge < -0.3 is 9.47 Å². The summed E-state index contributed by atoms with van der Waals surface area (Å²) in [6.07, 6.45) is -0.806. The molecule has 5 heteroatoms. The highest BCUT2D eigenvalue weighted by molar-refractivity contribution is 6.18. The molecule has 0 fully saturated rings. The normalized spacial score (nSPS) is 12.1. The fourth-order valence-corrected chi connectivity index (χ4v) is 1.75. The Morgan fingerprint density at radius 2 is 2.17 bits per heavy atom. The summed E-state index contributed by atoms with van der Waals surface area (Å²) < 4.78 is 10.3. The molecule has 1 rings (SSSR count). The van der Waals surface area contributed by atoms with Gasteiger partial charge in [-0.3, -0.25) is 5.32 Å². The maximum atomic E-state index is 11.7. The fourth-order valence-electron chi connectivity index (χ4n) is 1.33. The molecule has 0 aromatic heterocycles. The molecule has 0 radical (unpaired) electrons. The van der Waals surface area contributed by atoms with Crippen LogP contribution < -0.4 is 10.1 Å². The first-order chi connectivity index (χ1) is 8.56. The molecule has 100 valence electrons. The fraction of sp³-hybridized carbons (Fsp3) is 0.462. The van der Waals surface area contributed by atoms with Gasteiger partial charge in [-0.05, 0) is 18.1 Å². The van der Waals surface area contributed by atoms with Gasteiger partial charge >= 0.3 is 6.09 Å². The summed E-state index contributed by atoms with van der Waals surface area (Å²) in [4.78, 5) is 11.7. The quantitative estimate of drug-likeness (QED) is 0.834. The third-order valence-electron chi connectivity index (χ3n) is 2.47. The molecule has 1 N–H and O–H groups in total. The molecule has 1 aromatic carbocycles. The number of carbonyl (C=O) groups is 1. The Labute approximate surface area is 112 Å². The Bertz CT molecular complexity index is 396. The molecule has 18 heavy (non-hydrogen) atoms. The van der Waals surface area contributed by atoms with E-state index in [9.17, 15) is 4.79 Å². The first-order valence-electron chi connectivity index (χ1n) is 5.74. The number of methoxy groups -OCH3 is 1. The number of nitrogens with one attached hydrogen (secondary N) is 1. The summed E-state index contributed by atoms with van der Waals surface area (Å²) in [7, 11) is 1.57. The molecule has 0 aliphatic heterocycles. The summed E-state index contributed by atoms with van der Waals surface area (Å²) in [5, 5.41) is 2.64. The van der Waals surface area contributed by atoms with Gasteiger partial charge in [-0.15, -0.1) is 11.6 Å². The molecule has 1 unspecified atom stereocenters. The summed E-state index contributed by atoms with van der Waals surface area (Å²) in [6, 6.07) is 7.06. The number of rotatable bonds is 5. The maximum Gasteiger partial charge on any atom is 0.411 e. The van der Waals surface area contributed by atoms with Crippen LogP contribution in [0.5, 0.6) is 5.75 Å². The van der Waals surface area contributed by atoms with Crippen molar-refractivity contribution in [3.63, 3.8) is 0 Å². The second-order valence-electron chi connectivity index (χ2n) is 4.20. The topological polar surface area (TPSA) is 47.6 Å². The van der Waals surface area contributed by atoms with Crippen molar-refractivity contribution in [2.75, 3.05) is 18.3 Å². The molecule has 1 atom stereocenters. The molecule has 1 amide bonds. The third kappa shape index (κ3) is 4.45. The summed E-state index contributed by atoms with van der Waals surface area (Å²) in [6.45, 7) is 3.90. The van der Waals surface area contributed by atoms with Gasteiger partial charge in [-0.25, -0.2) is 4.79 Å². The highest BCUT2D eigenvalue weighted by atomic mass is 35.5. The van der Waals surface area contributed by atoms with Gasteiger partial charge in [0.25, 0.3) is 0 Å². The standard InChI is InChI=1S/C13H18ClNO3/c1-9(2)12(8-14)18-13(16)15-10-5-4-6-11(7-10)17-3/h4-7,9,12H,8H2,1-3H3,(H,15,16). The van der Waals surface area contributed by atoms with Gasteiger partial charge in [0.15, 0.2) is 0 Å². The SMILES string of the molecule is COc1cccc(NC(=O)OC(CCl)C(C)C)c1. The van der Waals surface area contributed by atoms with Crippen LogP contribution in [0.2, 0.25) is 0 Å². The largest absolute Gasteiger partial charge is 0.497 e. The number of hydrogen-bond donors (Lipinski definition) is 1. The van der Waals surface area contributed by atoms with E-state index in [4.69, 9.17) is 21.1 Å². The van der Waals surface area contributed by atoms with Crippen LogP contribution in [0.4, 0.5) is 10.5 Å². The van der Waals surface area contributed by atoms with Gasteiger partial charge in [-0.1, -0.05) is 19.9 Å². The van der Waals surface area contributed by atoms with Gasteiger partial charge in [-0.2, -0.15) is 0 Å². The van der Waals surface area contributed by atoms with Gasteiger partial charge in [0.05, 0.1) is 13.0 Å². The van der Waals surface area contributed by atoms with Crippen LogP contribution in [0.3, 0.4) is 0 Å². The lowest BCUT2D eigenvalue weighted by molar-refractivity contribution is 0.0960. The Balaban J connectivity index is 2.58. The number of ether oxygens (including phenoxy) is 2. The van der Waals surface area contributed by atoms with Crippen molar-refractivity contribution in [3.05, 3.63) is 24.3 Å². The molecular formula is C13H18ClNO3. The minimum atomic E-state index is -0.511. The van der Waals surface area contributed by atoms with Crippen LogP contribution in [0.1, 0.15) is 13.8 Å². The van der Waals surface area contributed by atoms with Crippen molar-refractivity contribution in [2.24, 2.45) is 5.92 Å². The van der Waals surface area contributed by atoms with E-state index in [2.05, 4.69) is 5.32 Å². The molecule has 0 bridgehead atoms. The summed E-state index contributed by atoms with van der Waals surface area (Å²) >= 11 is 5.73.